The van der Waals surface area contributed by atoms with Crippen molar-refractivity contribution >= 4 is 12.3 Å². The Bertz CT molecular complexity index is 597. The molecule has 0 fully saturated rings. The van der Waals surface area contributed by atoms with E-state index < -0.39 is 5.97 Å². The lowest BCUT2D eigenvalue weighted by atomic mass is 9.87. The molecule has 0 saturated heterocycles. The summed E-state index contributed by atoms with van der Waals surface area (Å²) in [7, 11) is 0. The van der Waals surface area contributed by atoms with Crippen LogP contribution in [0.2, 0.25) is 0 Å². The number of hydrogen-bond donors (Lipinski definition) is 3. The number of carbonyl (C=O) groups is 2. The molecule has 1 aromatic rings. The van der Waals surface area contributed by atoms with Crippen LogP contribution in [0.25, 0.3) is 0 Å². The van der Waals surface area contributed by atoms with Gasteiger partial charge < -0.3 is 20.7 Å². The average Bonchev–Trinajstić information content (AvgIpc) is 2.67. The van der Waals surface area contributed by atoms with Gasteiger partial charge in [0.25, 0.3) is 0 Å². The van der Waals surface area contributed by atoms with Gasteiger partial charge in [0.15, 0.2) is 0 Å². The van der Waals surface area contributed by atoms with Crippen molar-refractivity contribution < 1.29 is 19.8 Å². The zero-order valence-electron chi connectivity index (χ0n) is 16.9. The van der Waals surface area contributed by atoms with Crippen molar-refractivity contribution in [1.29, 1.82) is 0 Å². The van der Waals surface area contributed by atoms with E-state index in [9.17, 15) is 14.7 Å². The Morgan fingerprint density at radius 2 is 1.75 bits per heavy atom. The van der Waals surface area contributed by atoms with Gasteiger partial charge in [-0.3, -0.25) is 0 Å². The Kier molecular flexibility index (Phi) is 11.9. The molecule has 0 bridgehead atoms. The summed E-state index contributed by atoms with van der Waals surface area (Å²) in [6, 6.07) is 7.47. The molecule has 28 heavy (non-hydrogen) atoms. The highest BCUT2D eigenvalue weighted by molar-refractivity contribution is 5.79. The molecule has 3 atom stereocenters. The molecule has 156 valence electrons. The van der Waals surface area contributed by atoms with Crippen molar-refractivity contribution in [1.82, 2.24) is 0 Å². The van der Waals surface area contributed by atoms with Gasteiger partial charge in [-0.15, -0.1) is 0 Å². The fraction of sp³-hybridized carbons (Fsp3) is 0.565. The highest BCUT2D eigenvalue weighted by Crippen LogP contribution is 2.23. The second-order valence-electron chi connectivity index (χ2n) is 7.79. The van der Waals surface area contributed by atoms with Crippen LogP contribution < -0.4 is 5.73 Å². The third kappa shape index (κ3) is 11.5. The van der Waals surface area contributed by atoms with Crippen molar-refractivity contribution in [2.75, 3.05) is 0 Å². The van der Waals surface area contributed by atoms with E-state index >= 15 is 0 Å². The number of carboxylic acid groups (broad SMARTS) is 1. The molecule has 0 aliphatic carbocycles. The van der Waals surface area contributed by atoms with Gasteiger partial charge in [0.05, 0.1) is 0 Å². The number of aromatic hydroxyl groups is 1. The molecule has 0 spiro atoms. The van der Waals surface area contributed by atoms with Gasteiger partial charge in [-0.1, -0.05) is 38.0 Å². The van der Waals surface area contributed by atoms with E-state index in [0.717, 1.165) is 64.1 Å². The Hall–Kier alpha value is -2.14. The average molecular weight is 390 g/mol. The van der Waals surface area contributed by atoms with E-state index in [1.807, 2.05) is 19.1 Å². The monoisotopic (exact) mass is 389 g/mol. The summed E-state index contributed by atoms with van der Waals surface area (Å²) in [5.74, 6) is -0.0554. The summed E-state index contributed by atoms with van der Waals surface area (Å²) < 4.78 is 0. The maximum absolute atomic E-state index is 10.7. The highest BCUT2D eigenvalue weighted by Gasteiger charge is 2.13. The lowest BCUT2D eigenvalue weighted by molar-refractivity contribution is -0.131. The number of rotatable bonds is 15. The first-order valence-corrected chi connectivity index (χ1v) is 10.3. The summed E-state index contributed by atoms with van der Waals surface area (Å²) in [6.45, 7) is 1.92. The number of phenols is 1. The molecule has 0 amide bonds. The van der Waals surface area contributed by atoms with Crippen LogP contribution in [0.4, 0.5) is 0 Å². The molecule has 0 aliphatic heterocycles. The van der Waals surface area contributed by atoms with Gasteiger partial charge in [-0.2, -0.15) is 0 Å². The summed E-state index contributed by atoms with van der Waals surface area (Å²) in [6.07, 6.45) is 12.4. The fourth-order valence-electron chi connectivity index (χ4n) is 3.33. The van der Waals surface area contributed by atoms with Gasteiger partial charge in [0.1, 0.15) is 12.0 Å². The van der Waals surface area contributed by atoms with E-state index in [4.69, 9.17) is 10.8 Å². The maximum Gasteiger partial charge on any atom is 0.327 e. The lowest BCUT2D eigenvalue weighted by Crippen LogP contribution is -2.22. The number of carbonyl (C=O) groups excluding carboxylic acids is 1. The first-order chi connectivity index (χ1) is 13.4. The molecule has 5 nitrogen and oxygen atoms in total. The standard InChI is InChI=1S/C23H35NO4/c1-18(17-25)8-12-21(24)13-9-19(6-4-2-3-5-7-23(27)28)16-20-10-14-22(26)15-11-20/h5,7,10-11,14-15,17-19,21,26H,2-4,6,8-9,12-13,16,24H2,1H3,(H,27,28)/b7-5+/t18-,19-,21-/m0/s1. The summed E-state index contributed by atoms with van der Waals surface area (Å²) >= 11 is 0. The van der Waals surface area contributed by atoms with Gasteiger partial charge in [0, 0.05) is 18.0 Å². The van der Waals surface area contributed by atoms with Crippen LogP contribution in [0.15, 0.2) is 36.4 Å². The van der Waals surface area contributed by atoms with Crippen LogP contribution in [-0.2, 0) is 16.0 Å². The van der Waals surface area contributed by atoms with E-state index in [2.05, 4.69) is 0 Å². The third-order valence-electron chi connectivity index (χ3n) is 5.13. The number of unbranched alkanes of at least 4 members (excludes halogenated alkanes) is 2. The van der Waals surface area contributed by atoms with Crippen LogP contribution in [0.1, 0.15) is 63.9 Å². The van der Waals surface area contributed by atoms with Crippen molar-refractivity contribution in [3.63, 3.8) is 0 Å². The Morgan fingerprint density at radius 3 is 2.39 bits per heavy atom. The molecule has 0 unspecified atom stereocenters. The number of aldehydes is 1. The maximum atomic E-state index is 10.7. The Morgan fingerprint density at radius 1 is 1.07 bits per heavy atom. The summed E-state index contributed by atoms with van der Waals surface area (Å²) in [4.78, 5) is 21.2. The number of nitrogens with two attached hydrogens (primary N) is 1. The number of allylic oxidation sites excluding steroid dienone is 1. The number of aliphatic carboxylic acids is 1. The van der Waals surface area contributed by atoms with Crippen LogP contribution in [0, 0.1) is 11.8 Å². The topological polar surface area (TPSA) is 101 Å². The molecule has 0 saturated carbocycles. The summed E-state index contributed by atoms with van der Waals surface area (Å²) in [5.41, 5.74) is 7.45. The molecular weight excluding hydrogens is 354 g/mol. The lowest BCUT2D eigenvalue weighted by Gasteiger charge is -2.20. The fourth-order valence-corrected chi connectivity index (χ4v) is 3.33. The number of hydrogen-bond acceptors (Lipinski definition) is 4. The summed E-state index contributed by atoms with van der Waals surface area (Å²) in [5, 5.41) is 18.1. The van der Waals surface area contributed by atoms with Crippen molar-refractivity contribution in [2.24, 2.45) is 17.6 Å². The second-order valence-corrected chi connectivity index (χ2v) is 7.79. The van der Waals surface area contributed by atoms with E-state index in [0.29, 0.717) is 5.92 Å². The first kappa shape index (κ1) is 23.9. The van der Waals surface area contributed by atoms with Crippen molar-refractivity contribution in [3.05, 3.63) is 42.0 Å². The SMILES string of the molecule is C[C@H](C=O)CC[C@H](N)CC[C@H](CCCC/C=C/C(=O)O)Cc1ccc(O)cc1. The smallest absolute Gasteiger partial charge is 0.327 e. The molecule has 0 radical (unpaired) electrons. The highest BCUT2D eigenvalue weighted by atomic mass is 16.4. The van der Waals surface area contributed by atoms with Gasteiger partial charge in [0.2, 0.25) is 0 Å². The quantitative estimate of drug-likeness (QED) is 0.233. The Balaban J connectivity index is 2.48. The molecule has 1 aromatic carbocycles. The minimum absolute atomic E-state index is 0.0673. The largest absolute Gasteiger partial charge is 0.508 e. The zero-order valence-corrected chi connectivity index (χ0v) is 16.9. The zero-order chi connectivity index (χ0) is 20.8. The van der Waals surface area contributed by atoms with Crippen LogP contribution in [0.5, 0.6) is 5.75 Å². The number of benzene rings is 1. The van der Waals surface area contributed by atoms with Gasteiger partial charge in [-0.25, -0.2) is 4.79 Å². The predicted molar refractivity (Wildman–Crippen MR) is 112 cm³/mol. The van der Waals surface area contributed by atoms with Crippen LogP contribution in [0.3, 0.4) is 0 Å². The molecule has 1 rings (SSSR count). The molecule has 5 heteroatoms. The first-order valence-electron chi connectivity index (χ1n) is 10.3. The number of phenolic OH excluding ortho intramolecular Hbond substituents is 1. The van der Waals surface area contributed by atoms with Crippen LogP contribution >= 0.6 is 0 Å². The normalized spacial score (nSPS) is 14.6. The second kappa shape index (κ2) is 13.9. The number of carboxylic acids is 1. The van der Waals surface area contributed by atoms with E-state index in [1.54, 1.807) is 18.2 Å². The van der Waals surface area contributed by atoms with Crippen LogP contribution in [-0.4, -0.2) is 28.5 Å². The van der Waals surface area contributed by atoms with E-state index in [-0.39, 0.29) is 17.7 Å². The van der Waals surface area contributed by atoms with Crippen molar-refractivity contribution in [3.8, 4) is 5.75 Å². The van der Waals surface area contributed by atoms with Gasteiger partial charge in [-0.05, 0) is 68.6 Å². The minimum Gasteiger partial charge on any atom is -0.508 e. The third-order valence-corrected chi connectivity index (χ3v) is 5.13. The van der Waals surface area contributed by atoms with Gasteiger partial charge >= 0.3 is 5.97 Å². The van der Waals surface area contributed by atoms with E-state index in [1.165, 1.54) is 11.6 Å². The predicted octanol–water partition coefficient (Wildman–Crippen LogP) is 4.47. The molecule has 4 N–H and O–H groups in total. The molecule has 0 aromatic heterocycles. The molecular formula is C23H35NO4. The van der Waals surface area contributed by atoms with Crippen molar-refractivity contribution in [2.45, 2.75) is 70.8 Å². The minimum atomic E-state index is -0.900. The molecule has 0 aliphatic rings. The Labute approximate surface area is 168 Å². The molecule has 0 heterocycles.